The van der Waals surface area contributed by atoms with E-state index in [9.17, 15) is 13.2 Å². The molecule has 2 aromatic rings. The number of rotatable bonds is 8. The van der Waals surface area contributed by atoms with E-state index in [2.05, 4.69) is 4.72 Å². The standard InChI is InChI=1S/C15H20N2O4S2/c1-3-14-6-7-15(22-14)23(19,20)16-8-9-17(12(2)18)11-13-5-4-10-21-13/h4-7,10,16H,3,8-9,11H2,1-2H3. The van der Waals surface area contributed by atoms with Gasteiger partial charge in [0.05, 0.1) is 12.8 Å². The van der Waals surface area contributed by atoms with Gasteiger partial charge in [-0.1, -0.05) is 6.92 Å². The SMILES string of the molecule is CCc1ccc(S(=O)(=O)NCCN(Cc2ccco2)C(C)=O)s1. The number of hydrogen-bond acceptors (Lipinski definition) is 5. The van der Waals surface area contributed by atoms with Crippen LogP contribution in [-0.2, 0) is 27.8 Å². The number of sulfonamides is 1. The Morgan fingerprint density at radius 3 is 2.70 bits per heavy atom. The number of amides is 1. The molecule has 2 aromatic heterocycles. The molecule has 23 heavy (non-hydrogen) atoms. The van der Waals surface area contributed by atoms with Gasteiger partial charge in [-0.15, -0.1) is 11.3 Å². The lowest BCUT2D eigenvalue weighted by molar-refractivity contribution is -0.129. The number of thiophene rings is 1. The number of nitrogens with zero attached hydrogens (tertiary/aromatic N) is 1. The average molecular weight is 356 g/mol. The van der Waals surface area contributed by atoms with Crippen molar-refractivity contribution in [1.29, 1.82) is 0 Å². The van der Waals surface area contributed by atoms with Crippen molar-refractivity contribution in [3.63, 3.8) is 0 Å². The van der Waals surface area contributed by atoms with Gasteiger partial charge in [-0.2, -0.15) is 0 Å². The molecule has 0 radical (unpaired) electrons. The second-order valence-electron chi connectivity index (χ2n) is 4.99. The van der Waals surface area contributed by atoms with Crippen molar-refractivity contribution < 1.29 is 17.6 Å². The molecule has 1 amide bonds. The second kappa shape index (κ2) is 7.76. The van der Waals surface area contributed by atoms with Crippen LogP contribution in [0.2, 0.25) is 0 Å². The molecule has 0 aliphatic rings. The van der Waals surface area contributed by atoms with Crippen LogP contribution < -0.4 is 4.72 Å². The summed E-state index contributed by atoms with van der Waals surface area (Å²) in [6.45, 7) is 4.19. The van der Waals surface area contributed by atoms with Crippen LogP contribution in [0.4, 0.5) is 0 Å². The van der Waals surface area contributed by atoms with Crippen molar-refractivity contribution in [3.05, 3.63) is 41.2 Å². The van der Waals surface area contributed by atoms with E-state index < -0.39 is 10.0 Å². The summed E-state index contributed by atoms with van der Waals surface area (Å²) in [5, 5.41) is 0. The van der Waals surface area contributed by atoms with E-state index in [4.69, 9.17) is 4.42 Å². The molecule has 126 valence electrons. The number of carbonyl (C=O) groups is 1. The summed E-state index contributed by atoms with van der Waals surface area (Å²) in [5.41, 5.74) is 0. The van der Waals surface area contributed by atoms with Gasteiger partial charge >= 0.3 is 0 Å². The molecular formula is C15H20N2O4S2. The molecule has 0 saturated heterocycles. The molecule has 0 atom stereocenters. The first-order valence-corrected chi connectivity index (χ1v) is 9.58. The normalized spacial score (nSPS) is 11.6. The fraction of sp³-hybridized carbons (Fsp3) is 0.400. The first-order chi connectivity index (χ1) is 10.9. The van der Waals surface area contributed by atoms with Gasteiger partial charge in [-0.3, -0.25) is 4.79 Å². The van der Waals surface area contributed by atoms with E-state index in [1.807, 2.05) is 13.0 Å². The zero-order chi connectivity index (χ0) is 16.9. The fourth-order valence-corrected chi connectivity index (χ4v) is 4.38. The number of carbonyl (C=O) groups excluding carboxylic acids is 1. The van der Waals surface area contributed by atoms with E-state index in [1.54, 1.807) is 24.5 Å². The first-order valence-electron chi connectivity index (χ1n) is 7.28. The molecule has 0 bridgehead atoms. The van der Waals surface area contributed by atoms with Crippen LogP contribution in [0, 0.1) is 0 Å². The zero-order valence-electron chi connectivity index (χ0n) is 13.1. The first kappa shape index (κ1) is 17.7. The van der Waals surface area contributed by atoms with E-state index in [0.717, 1.165) is 11.3 Å². The third kappa shape index (κ3) is 4.92. The maximum atomic E-state index is 12.2. The maximum Gasteiger partial charge on any atom is 0.250 e. The van der Waals surface area contributed by atoms with Gasteiger partial charge in [0, 0.05) is 24.9 Å². The summed E-state index contributed by atoms with van der Waals surface area (Å²) in [5.74, 6) is 0.527. The van der Waals surface area contributed by atoms with Gasteiger partial charge in [0.25, 0.3) is 0 Å². The monoisotopic (exact) mass is 356 g/mol. The number of furan rings is 1. The highest BCUT2D eigenvalue weighted by Crippen LogP contribution is 2.21. The van der Waals surface area contributed by atoms with E-state index in [-0.39, 0.29) is 19.0 Å². The highest BCUT2D eigenvalue weighted by atomic mass is 32.2. The minimum Gasteiger partial charge on any atom is -0.467 e. The molecule has 0 fully saturated rings. The third-order valence-corrected chi connectivity index (χ3v) is 6.48. The Balaban J connectivity index is 1.92. The molecule has 2 rings (SSSR count). The number of nitrogens with one attached hydrogen (secondary N) is 1. The predicted octanol–water partition coefficient (Wildman–Crippen LogP) is 2.23. The van der Waals surface area contributed by atoms with Crippen LogP contribution in [0.15, 0.2) is 39.2 Å². The highest BCUT2D eigenvalue weighted by Gasteiger charge is 2.17. The number of aryl methyl sites for hydroxylation is 1. The van der Waals surface area contributed by atoms with Crippen LogP contribution >= 0.6 is 11.3 Å². The van der Waals surface area contributed by atoms with Crippen molar-refractivity contribution in [2.75, 3.05) is 13.1 Å². The summed E-state index contributed by atoms with van der Waals surface area (Å²) in [4.78, 5) is 14.2. The minimum absolute atomic E-state index is 0.134. The molecular weight excluding hydrogens is 336 g/mol. The van der Waals surface area contributed by atoms with Crippen molar-refractivity contribution in [1.82, 2.24) is 9.62 Å². The molecule has 6 nitrogen and oxygen atoms in total. The molecule has 0 saturated carbocycles. The van der Waals surface area contributed by atoms with Crippen molar-refractivity contribution >= 4 is 27.3 Å². The van der Waals surface area contributed by atoms with Gasteiger partial charge in [0.15, 0.2) is 0 Å². The Morgan fingerprint density at radius 2 is 2.13 bits per heavy atom. The summed E-state index contributed by atoms with van der Waals surface area (Å²) < 4.78 is 32.5. The summed E-state index contributed by atoms with van der Waals surface area (Å²) in [7, 11) is -3.53. The smallest absolute Gasteiger partial charge is 0.250 e. The Bertz CT molecular complexity index is 735. The number of hydrogen-bond donors (Lipinski definition) is 1. The van der Waals surface area contributed by atoms with E-state index >= 15 is 0 Å². The van der Waals surface area contributed by atoms with Gasteiger partial charge in [-0.05, 0) is 30.7 Å². The predicted molar refractivity (Wildman–Crippen MR) is 88.7 cm³/mol. The topological polar surface area (TPSA) is 79.6 Å². The van der Waals surface area contributed by atoms with Crippen molar-refractivity contribution in [2.24, 2.45) is 0 Å². The Kier molecular flexibility index (Phi) is 5.97. The lowest BCUT2D eigenvalue weighted by atomic mass is 10.4. The van der Waals surface area contributed by atoms with E-state index in [1.165, 1.54) is 23.2 Å². The molecule has 0 unspecified atom stereocenters. The second-order valence-corrected chi connectivity index (χ2v) is 8.15. The maximum absolute atomic E-state index is 12.2. The van der Waals surface area contributed by atoms with Crippen LogP contribution in [0.5, 0.6) is 0 Å². The van der Waals surface area contributed by atoms with Crippen LogP contribution in [0.25, 0.3) is 0 Å². The quantitative estimate of drug-likeness (QED) is 0.786. The molecule has 8 heteroatoms. The van der Waals surface area contributed by atoms with Gasteiger partial charge in [0.2, 0.25) is 15.9 Å². The molecule has 0 aromatic carbocycles. The van der Waals surface area contributed by atoms with Crippen molar-refractivity contribution in [3.8, 4) is 0 Å². The Labute approximate surface area is 140 Å². The summed E-state index contributed by atoms with van der Waals surface area (Å²) >= 11 is 1.26. The summed E-state index contributed by atoms with van der Waals surface area (Å²) in [6, 6.07) is 6.95. The average Bonchev–Trinajstić information content (AvgIpc) is 3.17. The lowest BCUT2D eigenvalue weighted by Crippen LogP contribution is -2.36. The largest absolute Gasteiger partial charge is 0.467 e. The molecule has 0 aliphatic carbocycles. The van der Waals surface area contributed by atoms with Crippen LogP contribution in [0.3, 0.4) is 0 Å². The summed E-state index contributed by atoms with van der Waals surface area (Å²) in [6.07, 6.45) is 2.35. The highest BCUT2D eigenvalue weighted by molar-refractivity contribution is 7.91. The molecule has 0 aliphatic heterocycles. The zero-order valence-corrected chi connectivity index (χ0v) is 14.7. The van der Waals surface area contributed by atoms with Crippen LogP contribution in [0.1, 0.15) is 24.5 Å². The van der Waals surface area contributed by atoms with E-state index in [0.29, 0.717) is 16.5 Å². The van der Waals surface area contributed by atoms with Gasteiger partial charge < -0.3 is 9.32 Å². The molecule has 0 spiro atoms. The third-order valence-electron chi connectivity index (χ3n) is 3.30. The van der Waals surface area contributed by atoms with Crippen molar-refractivity contribution in [2.45, 2.75) is 31.0 Å². The Morgan fingerprint density at radius 1 is 1.35 bits per heavy atom. The van der Waals surface area contributed by atoms with Gasteiger partial charge in [0.1, 0.15) is 9.97 Å². The Hall–Kier alpha value is -1.64. The lowest BCUT2D eigenvalue weighted by Gasteiger charge is -2.19. The minimum atomic E-state index is -3.53. The molecule has 1 N–H and O–H groups in total. The van der Waals surface area contributed by atoms with Gasteiger partial charge in [-0.25, -0.2) is 13.1 Å². The fourth-order valence-electron chi connectivity index (χ4n) is 2.02. The molecule has 2 heterocycles. The van der Waals surface area contributed by atoms with Crippen LogP contribution in [-0.4, -0.2) is 32.3 Å².